The summed E-state index contributed by atoms with van der Waals surface area (Å²) in [5.74, 6) is 0. The second kappa shape index (κ2) is 5.68. The fourth-order valence-corrected chi connectivity index (χ4v) is 2.81. The van der Waals surface area contributed by atoms with E-state index in [4.69, 9.17) is 0 Å². The second-order valence-corrected chi connectivity index (χ2v) is 5.35. The molecular weight excluding hydrogens is 234 g/mol. The number of nitrogens with zero attached hydrogens (tertiary/aromatic N) is 2. The van der Waals surface area contributed by atoms with Crippen LogP contribution in [-0.4, -0.2) is 35.6 Å². The number of hydrogen-bond acceptors (Lipinski definition) is 3. The van der Waals surface area contributed by atoms with Crippen LogP contribution in [0.15, 0.2) is 36.5 Å². The van der Waals surface area contributed by atoms with Crippen LogP contribution in [0.5, 0.6) is 0 Å². The van der Waals surface area contributed by atoms with Crippen LogP contribution in [0, 0.1) is 0 Å². The third kappa shape index (κ3) is 2.77. The van der Waals surface area contributed by atoms with Gasteiger partial charge in [0.05, 0.1) is 5.52 Å². The molecule has 0 saturated carbocycles. The lowest BCUT2D eigenvalue weighted by Gasteiger charge is -2.26. The molecule has 1 aromatic heterocycles. The van der Waals surface area contributed by atoms with E-state index in [9.17, 15) is 0 Å². The van der Waals surface area contributed by atoms with Gasteiger partial charge < -0.3 is 5.32 Å². The lowest BCUT2D eigenvalue weighted by atomic mass is 10.1. The van der Waals surface area contributed by atoms with Gasteiger partial charge in [-0.3, -0.25) is 9.88 Å². The van der Waals surface area contributed by atoms with Crippen LogP contribution < -0.4 is 5.32 Å². The number of hydrogen-bond donors (Lipinski definition) is 1. The average Bonchev–Trinajstić information content (AvgIpc) is 2.65. The minimum atomic E-state index is 0.633. The largest absolute Gasteiger partial charge is 0.315 e. The lowest BCUT2D eigenvalue weighted by Crippen LogP contribution is -2.33. The minimum absolute atomic E-state index is 0.633. The third-order valence-corrected chi connectivity index (χ3v) is 4.03. The number of fused-ring (bicyclic) bond motifs is 1. The van der Waals surface area contributed by atoms with E-state index in [-0.39, 0.29) is 0 Å². The van der Waals surface area contributed by atoms with Crippen LogP contribution in [0.3, 0.4) is 0 Å². The predicted molar refractivity (Wildman–Crippen MR) is 79.1 cm³/mol. The molecule has 0 bridgehead atoms. The summed E-state index contributed by atoms with van der Waals surface area (Å²) in [6, 6.07) is 11.3. The number of aromatic nitrogens is 1. The standard InChI is InChI=1S/C16H21N3/c1-13-7-9-17-10-11-19(13)12-15-5-2-4-14-6-3-8-18-16(14)15/h2-6,8,13,17H,7,9-12H2,1H3. The summed E-state index contributed by atoms with van der Waals surface area (Å²) >= 11 is 0. The van der Waals surface area contributed by atoms with E-state index in [0.717, 1.165) is 31.7 Å². The molecule has 0 spiro atoms. The highest BCUT2D eigenvalue weighted by atomic mass is 15.2. The zero-order valence-corrected chi connectivity index (χ0v) is 11.5. The molecule has 1 aliphatic rings. The quantitative estimate of drug-likeness (QED) is 0.893. The van der Waals surface area contributed by atoms with E-state index in [0.29, 0.717) is 6.04 Å². The Morgan fingerprint density at radius 3 is 3.11 bits per heavy atom. The number of pyridine rings is 1. The molecule has 3 heteroatoms. The van der Waals surface area contributed by atoms with Gasteiger partial charge in [0.2, 0.25) is 0 Å². The van der Waals surface area contributed by atoms with Crippen molar-refractivity contribution in [2.24, 2.45) is 0 Å². The molecule has 1 unspecified atom stereocenters. The topological polar surface area (TPSA) is 28.2 Å². The van der Waals surface area contributed by atoms with Gasteiger partial charge >= 0.3 is 0 Å². The Bertz CT molecular complexity index is 547. The van der Waals surface area contributed by atoms with Crippen LogP contribution in [-0.2, 0) is 6.54 Å². The Morgan fingerprint density at radius 2 is 2.16 bits per heavy atom. The minimum Gasteiger partial charge on any atom is -0.315 e. The molecule has 0 radical (unpaired) electrons. The van der Waals surface area contributed by atoms with Gasteiger partial charge in [-0.1, -0.05) is 24.3 Å². The monoisotopic (exact) mass is 255 g/mol. The molecule has 1 aliphatic heterocycles. The van der Waals surface area contributed by atoms with Gasteiger partial charge in [0.1, 0.15) is 0 Å². The number of rotatable bonds is 2. The summed E-state index contributed by atoms with van der Waals surface area (Å²) < 4.78 is 0. The molecule has 19 heavy (non-hydrogen) atoms. The highest BCUT2D eigenvalue weighted by Gasteiger charge is 2.17. The van der Waals surface area contributed by atoms with E-state index >= 15 is 0 Å². The lowest BCUT2D eigenvalue weighted by molar-refractivity contribution is 0.212. The molecule has 2 aromatic rings. The third-order valence-electron chi connectivity index (χ3n) is 4.03. The Kier molecular flexibility index (Phi) is 3.76. The molecular formula is C16H21N3. The van der Waals surface area contributed by atoms with E-state index < -0.39 is 0 Å². The fraction of sp³-hybridized carbons (Fsp3) is 0.438. The molecule has 0 aliphatic carbocycles. The first-order chi connectivity index (χ1) is 9.34. The SMILES string of the molecule is CC1CCNCCN1Cc1cccc2cccnc12. The zero-order valence-electron chi connectivity index (χ0n) is 11.5. The van der Waals surface area contributed by atoms with Crippen molar-refractivity contribution in [1.82, 2.24) is 15.2 Å². The van der Waals surface area contributed by atoms with Crippen LogP contribution >= 0.6 is 0 Å². The normalized spacial score (nSPS) is 21.4. The van der Waals surface area contributed by atoms with Crippen molar-refractivity contribution in [3.05, 3.63) is 42.1 Å². The Morgan fingerprint density at radius 1 is 1.26 bits per heavy atom. The van der Waals surface area contributed by atoms with Gasteiger partial charge in [-0.15, -0.1) is 0 Å². The van der Waals surface area contributed by atoms with Crippen LogP contribution in [0.4, 0.5) is 0 Å². The summed E-state index contributed by atoms with van der Waals surface area (Å²) in [5.41, 5.74) is 2.49. The van der Waals surface area contributed by atoms with E-state index in [1.807, 2.05) is 12.3 Å². The average molecular weight is 255 g/mol. The van der Waals surface area contributed by atoms with Crippen molar-refractivity contribution in [1.29, 1.82) is 0 Å². The first-order valence-electron chi connectivity index (χ1n) is 7.12. The number of benzene rings is 1. The van der Waals surface area contributed by atoms with E-state index in [1.54, 1.807) is 0 Å². The molecule has 1 saturated heterocycles. The van der Waals surface area contributed by atoms with Gasteiger partial charge in [-0.05, 0) is 31.5 Å². The van der Waals surface area contributed by atoms with Crippen molar-refractivity contribution in [2.45, 2.75) is 25.9 Å². The summed E-state index contributed by atoms with van der Waals surface area (Å²) in [4.78, 5) is 7.11. The Hall–Kier alpha value is -1.45. The molecule has 3 nitrogen and oxygen atoms in total. The Labute approximate surface area is 114 Å². The molecule has 3 rings (SSSR count). The van der Waals surface area contributed by atoms with E-state index in [2.05, 4.69) is 46.4 Å². The van der Waals surface area contributed by atoms with Gasteiger partial charge in [-0.25, -0.2) is 0 Å². The van der Waals surface area contributed by atoms with Crippen molar-refractivity contribution in [2.75, 3.05) is 19.6 Å². The molecule has 1 N–H and O–H groups in total. The molecule has 1 fully saturated rings. The first kappa shape index (κ1) is 12.6. The second-order valence-electron chi connectivity index (χ2n) is 5.35. The molecule has 0 amide bonds. The summed E-state index contributed by atoms with van der Waals surface area (Å²) in [6.45, 7) is 6.65. The van der Waals surface area contributed by atoms with Crippen molar-refractivity contribution < 1.29 is 0 Å². The maximum Gasteiger partial charge on any atom is 0.0746 e. The molecule has 1 aromatic carbocycles. The summed E-state index contributed by atoms with van der Waals surface area (Å²) in [6.07, 6.45) is 3.11. The van der Waals surface area contributed by atoms with Crippen molar-refractivity contribution in [3.8, 4) is 0 Å². The van der Waals surface area contributed by atoms with Crippen LogP contribution in [0.1, 0.15) is 18.9 Å². The van der Waals surface area contributed by atoms with Gasteiger partial charge in [0, 0.05) is 37.3 Å². The highest BCUT2D eigenvalue weighted by molar-refractivity contribution is 5.81. The van der Waals surface area contributed by atoms with E-state index in [1.165, 1.54) is 17.4 Å². The van der Waals surface area contributed by atoms with Gasteiger partial charge in [-0.2, -0.15) is 0 Å². The maximum absolute atomic E-state index is 4.55. The van der Waals surface area contributed by atoms with Crippen molar-refractivity contribution >= 4 is 10.9 Å². The molecule has 2 heterocycles. The molecule has 100 valence electrons. The van der Waals surface area contributed by atoms with Gasteiger partial charge in [0.25, 0.3) is 0 Å². The Balaban J connectivity index is 1.88. The van der Waals surface area contributed by atoms with Crippen LogP contribution in [0.2, 0.25) is 0 Å². The fourth-order valence-electron chi connectivity index (χ4n) is 2.81. The number of para-hydroxylation sites is 1. The highest BCUT2D eigenvalue weighted by Crippen LogP contribution is 2.19. The van der Waals surface area contributed by atoms with Crippen LogP contribution in [0.25, 0.3) is 10.9 Å². The first-order valence-corrected chi connectivity index (χ1v) is 7.12. The predicted octanol–water partition coefficient (Wildman–Crippen LogP) is 2.42. The number of nitrogens with one attached hydrogen (secondary N) is 1. The van der Waals surface area contributed by atoms with Crippen molar-refractivity contribution in [3.63, 3.8) is 0 Å². The smallest absolute Gasteiger partial charge is 0.0746 e. The summed E-state index contributed by atoms with van der Waals surface area (Å²) in [7, 11) is 0. The van der Waals surface area contributed by atoms with Gasteiger partial charge in [0.15, 0.2) is 0 Å². The zero-order chi connectivity index (χ0) is 13.1. The maximum atomic E-state index is 4.55. The summed E-state index contributed by atoms with van der Waals surface area (Å²) in [5, 5.41) is 4.71. The molecule has 1 atom stereocenters.